The second-order valence-corrected chi connectivity index (χ2v) is 9.20. The Kier molecular flexibility index (Phi) is 6.39. The molecule has 2 aromatic carbocycles. The van der Waals surface area contributed by atoms with Gasteiger partial charge in [0.05, 0.1) is 28.9 Å². The van der Waals surface area contributed by atoms with Crippen molar-refractivity contribution < 1.29 is 19.0 Å². The number of aromatic amines is 1. The number of rotatable bonds is 6. The average Bonchev–Trinajstić information content (AvgIpc) is 3.22. The van der Waals surface area contributed by atoms with Crippen molar-refractivity contribution in [2.24, 2.45) is 0 Å². The van der Waals surface area contributed by atoms with Crippen LogP contribution in [0.25, 0.3) is 33.1 Å². The van der Waals surface area contributed by atoms with E-state index in [1.54, 1.807) is 19.2 Å². The molecule has 0 saturated carbocycles. The lowest BCUT2D eigenvalue weighted by atomic mass is 9.99. The lowest BCUT2D eigenvalue weighted by Gasteiger charge is -2.32. The van der Waals surface area contributed by atoms with Gasteiger partial charge in [-0.3, -0.25) is 10.00 Å². The number of pyridine rings is 1. The molecule has 0 amide bonds. The summed E-state index contributed by atoms with van der Waals surface area (Å²) in [6.45, 7) is 6.96. The molecule has 184 valence electrons. The molecule has 1 aliphatic heterocycles. The number of aromatic nitrogens is 3. The van der Waals surface area contributed by atoms with E-state index in [9.17, 15) is 5.11 Å². The van der Waals surface area contributed by atoms with Crippen molar-refractivity contribution in [3.63, 3.8) is 0 Å². The minimum atomic E-state index is -0.496. The maximum atomic E-state index is 15.8. The molecule has 1 fully saturated rings. The van der Waals surface area contributed by atoms with Crippen molar-refractivity contribution in [3.8, 4) is 28.5 Å². The molecule has 1 saturated heterocycles. The standard InChI is InChI=1S/C25H27ClFN5O3/c1-14-20-22-21(23(28-25(20)30-29-14)15-4-5-18(33)16(26)12-15)17(27)13-19(24(22)34-3)35-11-10-32-8-6-31(2)7-9-32/h4-5,12-13,33H,6-11H2,1-3H3,(H,28,29,30). The molecule has 0 unspecified atom stereocenters. The van der Waals surface area contributed by atoms with Gasteiger partial charge in [0.1, 0.15) is 18.2 Å². The Balaban J connectivity index is 1.61. The van der Waals surface area contributed by atoms with E-state index in [2.05, 4.69) is 32.0 Å². The Labute approximate surface area is 207 Å². The number of fused-ring (bicyclic) bond motifs is 3. The fourth-order valence-electron chi connectivity index (χ4n) is 4.58. The van der Waals surface area contributed by atoms with Gasteiger partial charge >= 0.3 is 0 Å². The number of piperazine rings is 1. The Morgan fingerprint density at radius 2 is 1.91 bits per heavy atom. The number of likely N-dealkylation sites (N-methyl/N-ethyl adjacent to an activating group) is 1. The molecular formula is C25H27ClFN5O3. The highest BCUT2D eigenvalue weighted by Gasteiger charge is 2.24. The van der Waals surface area contributed by atoms with E-state index < -0.39 is 5.82 Å². The number of aromatic hydroxyl groups is 1. The first-order valence-electron chi connectivity index (χ1n) is 11.4. The van der Waals surface area contributed by atoms with E-state index in [0.29, 0.717) is 51.5 Å². The number of benzene rings is 2. The van der Waals surface area contributed by atoms with Gasteiger partial charge in [-0.25, -0.2) is 9.37 Å². The summed E-state index contributed by atoms with van der Waals surface area (Å²) in [4.78, 5) is 9.28. The second kappa shape index (κ2) is 9.49. The van der Waals surface area contributed by atoms with Crippen LogP contribution >= 0.6 is 11.6 Å². The van der Waals surface area contributed by atoms with Crippen LogP contribution in [0, 0.1) is 12.7 Å². The normalized spacial score (nSPS) is 15.2. The zero-order chi connectivity index (χ0) is 24.7. The Morgan fingerprint density at radius 1 is 1.14 bits per heavy atom. The van der Waals surface area contributed by atoms with Crippen molar-refractivity contribution in [2.45, 2.75) is 6.92 Å². The van der Waals surface area contributed by atoms with Crippen molar-refractivity contribution in [1.82, 2.24) is 25.0 Å². The van der Waals surface area contributed by atoms with Gasteiger partial charge in [0.2, 0.25) is 0 Å². The third-order valence-corrected chi connectivity index (χ3v) is 6.82. The van der Waals surface area contributed by atoms with Gasteiger partial charge in [0, 0.05) is 55.1 Å². The summed E-state index contributed by atoms with van der Waals surface area (Å²) >= 11 is 6.15. The zero-order valence-corrected chi connectivity index (χ0v) is 20.6. The predicted octanol–water partition coefficient (Wildman–Crippen LogP) is 4.22. The fraction of sp³-hybridized carbons (Fsp3) is 0.360. The Hall–Kier alpha value is -3.14. The van der Waals surface area contributed by atoms with Crippen LogP contribution < -0.4 is 9.47 Å². The van der Waals surface area contributed by atoms with Gasteiger partial charge in [-0.2, -0.15) is 5.10 Å². The largest absolute Gasteiger partial charge is 0.506 e. The minimum absolute atomic E-state index is 0.0627. The third-order valence-electron chi connectivity index (χ3n) is 6.52. The quantitative estimate of drug-likeness (QED) is 0.411. The number of nitrogens with one attached hydrogen (secondary N) is 1. The van der Waals surface area contributed by atoms with E-state index >= 15 is 4.39 Å². The van der Waals surface area contributed by atoms with Gasteiger partial charge < -0.3 is 19.5 Å². The zero-order valence-electron chi connectivity index (χ0n) is 19.9. The van der Waals surface area contributed by atoms with Crippen LogP contribution in [-0.4, -0.2) is 83.6 Å². The first-order valence-corrected chi connectivity index (χ1v) is 11.8. The van der Waals surface area contributed by atoms with E-state index in [-0.39, 0.29) is 16.2 Å². The first-order chi connectivity index (χ1) is 16.9. The molecule has 0 spiro atoms. The summed E-state index contributed by atoms with van der Waals surface area (Å²) in [7, 11) is 3.66. The molecule has 1 aliphatic rings. The fourth-order valence-corrected chi connectivity index (χ4v) is 4.76. The number of hydrogen-bond acceptors (Lipinski definition) is 7. The van der Waals surface area contributed by atoms with E-state index in [1.165, 1.54) is 12.1 Å². The van der Waals surface area contributed by atoms with E-state index in [0.717, 1.165) is 32.7 Å². The van der Waals surface area contributed by atoms with E-state index in [4.69, 9.17) is 21.1 Å². The highest BCUT2D eigenvalue weighted by Crippen LogP contribution is 2.45. The second-order valence-electron chi connectivity index (χ2n) is 8.79. The SMILES string of the molecule is COc1c(OCCN2CCN(C)CC2)cc(F)c2c(-c3ccc(O)c(Cl)c3)nc3[nH]nc(C)c3c12. The smallest absolute Gasteiger partial charge is 0.169 e. The van der Waals surface area contributed by atoms with Gasteiger partial charge in [-0.15, -0.1) is 0 Å². The summed E-state index contributed by atoms with van der Waals surface area (Å²) in [6.07, 6.45) is 0. The average molecular weight is 500 g/mol. The van der Waals surface area contributed by atoms with Gasteiger partial charge in [-0.05, 0) is 32.2 Å². The van der Waals surface area contributed by atoms with Crippen LogP contribution in [0.2, 0.25) is 5.02 Å². The van der Waals surface area contributed by atoms with Crippen molar-refractivity contribution in [2.75, 3.05) is 53.5 Å². The first kappa shape index (κ1) is 23.6. The number of H-pyrrole nitrogens is 1. The number of hydrogen-bond donors (Lipinski definition) is 2. The summed E-state index contributed by atoms with van der Waals surface area (Å²) in [5.74, 6) is 0.189. The summed E-state index contributed by atoms with van der Waals surface area (Å²) in [6, 6.07) is 6.00. The Morgan fingerprint density at radius 3 is 2.63 bits per heavy atom. The summed E-state index contributed by atoms with van der Waals surface area (Å²) < 4.78 is 27.6. The van der Waals surface area contributed by atoms with Crippen molar-refractivity contribution >= 4 is 33.4 Å². The van der Waals surface area contributed by atoms with Crippen LogP contribution in [0.5, 0.6) is 17.2 Å². The number of phenols is 1. The number of halogens is 2. The molecular weight excluding hydrogens is 473 g/mol. The molecule has 5 rings (SSSR count). The molecule has 4 aromatic rings. The monoisotopic (exact) mass is 499 g/mol. The van der Waals surface area contributed by atoms with Gasteiger partial charge in [-0.1, -0.05) is 11.6 Å². The number of methoxy groups -OCH3 is 1. The maximum Gasteiger partial charge on any atom is 0.169 e. The number of aryl methyl sites for hydroxylation is 1. The van der Waals surface area contributed by atoms with Crippen molar-refractivity contribution in [1.29, 1.82) is 0 Å². The molecule has 2 N–H and O–H groups in total. The molecule has 35 heavy (non-hydrogen) atoms. The Bertz CT molecular complexity index is 1400. The van der Waals surface area contributed by atoms with Crippen LogP contribution in [0.1, 0.15) is 5.69 Å². The number of nitrogens with zero attached hydrogens (tertiary/aromatic N) is 4. The molecule has 3 heterocycles. The maximum absolute atomic E-state index is 15.8. The minimum Gasteiger partial charge on any atom is -0.506 e. The number of ether oxygens (including phenoxy) is 2. The molecule has 0 aliphatic carbocycles. The lowest BCUT2D eigenvalue weighted by Crippen LogP contribution is -2.45. The summed E-state index contributed by atoms with van der Waals surface area (Å²) in [5.41, 5.74) is 2.07. The molecule has 0 atom stereocenters. The lowest BCUT2D eigenvalue weighted by molar-refractivity contribution is 0.133. The highest BCUT2D eigenvalue weighted by atomic mass is 35.5. The molecule has 2 aromatic heterocycles. The summed E-state index contributed by atoms with van der Waals surface area (Å²) in [5, 5.41) is 18.7. The molecule has 8 nitrogen and oxygen atoms in total. The highest BCUT2D eigenvalue weighted by molar-refractivity contribution is 6.32. The topological polar surface area (TPSA) is 86.7 Å². The molecule has 0 bridgehead atoms. The van der Waals surface area contributed by atoms with Gasteiger partial charge in [0.25, 0.3) is 0 Å². The van der Waals surface area contributed by atoms with Crippen LogP contribution in [0.3, 0.4) is 0 Å². The molecule has 10 heteroatoms. The predicted molar refractivity (Wildman–Crippen MR) is 134 cm³/mol. The van der Waals surface area contributed by atoms with Crippen LogP contribution in [-0.2, 0) is 0 Å². The molecule has 0 radical (unpaired) electrons. The number of phenolic OH excluding ortho intramolecular Hbond substituents is 1. The van der Waals surface area contributed by atoms with Crippen LogP contribution in [0.4, 0.5) is 4.39 Å². The van der Waals surface area contributed by atoms with E-state index in [1.807, 2.05) is 6.92 Å². The third kappa shape index (κ3) is 4.35. The van der Waals surface area contributed by atoms with Crippen molar-refractivity contribution in [3.05, 3.63) is 40.8 Å². The van der Waals surface area contributed by atoms with Gasteiger partial charge in [0.15, 0.2) is 17.1 Å². The van der Waals surface area contributed by atoms with Crippen LogP contribution in [0.15, 0.2) is 24.3 Å².